The van der Waals surface area contributed by atoms with E-state index in [4.69, 9.17) is 9.84 Å². The number of ether oxygens (including phenoxy) is 1. The molecule has 0 aromatic heterocycles. The first-order valence-corrected chi connectivity index (χ1v) is 4.91. The SMILES string of the molecule is CN1CCO[C@@H](CNCCC(=O)O)C1. The number of rotatable bonds is 5. The number of carboxylic acid groups (broad SMARTS) is 1. The van der Waals surface area contributed by atoms with E-state index in [9.17, 15) is 4.79 Å². The van der Waals surface area contributed by atoms with Crippen molar-refractivity contribution in [2.75, 3.05) is 39.8 Å². The molecule has 2 N–H and O–H groups in total. The van der Waals surface area contributed by atoms with E-state index in [0.717, 1.165) is 26.2 Å². The quantitative estimate of drug-likeness (QED) is 0.582. The summed E-state index contributed by atoms with van der Waals surface area (Å²) in [6.45, 7) is 3.91. The van der Waals surface area contributed by atoms with Crippen LogP contribution in [0.25, 0.3) is 0 Å². The van der Waals surface area contributed by atoms with Gasteiger partial charge < -0.3 is 20.1 Å². The van der Waals surface area contributed by atoms with Gasteiger partial charge in [0.1, 0.15) is 0 Å². The predicted octanol–water partition coefficient (Wildman–Crippen LogP) is -0.619. The number of morpholine rings is 1. The zero-order valence-electron chi connectivity index (χ0n) is 8.53. The Morgan fingerprint density at radius 3 is 3.14 bits per heavy atom. The van der Waals surface area contributed by atoms with Gasteiger partial charge in [0.25, 0.3) is 0 Å². The Kier molecular flexibility index (Phi) is 4.86. The summed E-state index contributed by atoms with van der Waals surface area (Å²) >= 11 is 0. The summed E-state index contributed by atoms with van der Waals surface area (Å²) in [4.78, 5) is 12.4. The van der Waals surface area contributed by atoms with Crippen molar-refractivity contribution in [3.63, 3.8) is 0 Å². The van der Waals surface area contributed by atoms with Gasteiger partial charge in [-0.25, -0.2) is 0 Å². The molecule has 0 radical (unpaired) electrons. The fourth-order valence-corrected chi connectivity index (χ4v) is 1.45. The van der Waals surface area contributed by atoms with Crippen molar-refractivity contribution in [3.05, 3.63) is 0 Å². The number of carbonyl (C=O) groups is 1. The lowest BCUT2D eigenvalue weighted by molar-refractivity contribution is -0.136. The summed E-state index contributed by atoms with van der Waals surface area (Å²) in [5, 5.41) is 11.5. The van der Waals surface area contributed by atoms with Gasteiger partial charge in [0.05, 0.1) is 19.1 Å². The molecule has 1 fully saturated rings. The Hall–Kier alpha value is -0.650. The molecule has 1 rings (SSSR count). The van der Waals surface area contributed by atoms with Crippen molar-refractivity contribution in [1.82, 2.24) is 10.2 Å². The second-order valence-corrected chi connectivity index (χ2v) is 3.60. The fourth-order valence-electron chi connectivity index (χ4n) is 1.45. The topological polar surface area (TPSA) is 61.8 Å². The van der Waals surface area contributed by atoms with Crippen molar-refractivity contribution in [2.24, 2.45) is 0 Å². The zero-order valence-corrected chi connectivity index (χ0v) is 8.53. The monoisotopic (exact) mass is 202 g/mol. The van der Waals surface area contributed by atoms with Crippen LogP contribution in [0.4, 0.5) is 0 Å². The number of hydrogen-bond donors (Lipinski definition) is 2. The van der Waals surface area contributed by atoms with E-state index >= 15 is 0 Å². The molecule has 0 amide bonds. The van der Waals surface area contributed by atoms with E-state index in [1.54, 1.807) is 0 Å². The molecular weight excluding hydrogens is 184 g/mol. The molecule has 0 bridgehead atoms. The van der Waals surface area contributed by atoms with Crippen LogP contribution < -0.4 is 5.32 Å². The van der Waals surface area contributed by atoms with E-state index in [1.165, 1.54) is 0 Å². The van der Waals surface area contributed by atoms with Gasteiger partial charge in [-0.3, -0.25) is 4.79 Å². The number of aliphatic carboxylic acids is 1. The third kappa shape index (κ3) is 4.55. The molecule has 0 saturated carbocycles. The van der Waals surface area contributed by atoms with Gasteiger partial charge in [0.2, 0.25) is 0 Å². The molecular formula is C9H18N2O3. The van der Waals surface area contributed by atoms with Crippen LogP contribution in [0.15, 0.2) is 0 Å². The van der Waals surface area contributed by atoms with Crippen LogP contribution in [-0.4, -0.2) is 61.9 Å². The van der Waals surface area contributed by atoms with E-state index < -0.39 is 5.97 Å². The predicted molar refractivity (Wildman–Crippen MR) is 52.4 cm³/mol. The molecule has 1 heterocycles. The van der Waals surface area contributed by atoms with Gasteiger partial charge in [-0.15, -0.1) is 0 Å². The normalized spacial score (nSPS) is 23.6. The number of nitrogens with one attached hydrogen (secondary N) is 1. The van der Waals surface area contributed by atoms with Crippen molar-refractivity contribution < 1.29 is 14.6 Å². The van der Waals surface area contributed by atoms with E-state index in [1.807, 2.05) is 0 Å². The highest BCUT2D eigenvalue weighted by Gasteiger charge is 2.16. The maximum absolute atomic E-state index is 10.2. The molecule has 0 spiro atoms. The van der Waals surface area contributed by atoms with Crippen LogP contribution in [0.1, 0.15) is 6.42 Å². The maximum atomic E-state index is 10.2. The van der Waals surface area contributed by atoms with E-state index in [0.29, 0.717) is 6.54 Å². The molecule has 1 aliphatic rings. The Labute approximate surface area is 84.0 Å². The highest BCUT2D eigenvalue weighted by atomic mass is 16.5. The first-order valence-electron chi connectivity index (χ1n) is 4.91. The minimum absolute atomic E-state index is 0.169. The number of likely N-dealkylation sites (N-methyl/N-ethyl adjacent to an activating group) is 1. The third-order valence-electron chi connectivity index (χ3n) is 2.23. The molecule has 14 heavy (non-hydrogen) atoms. The van der Waals surface area contributed by atoms with E-state index in [-0.39, 0.29) is 12.5 Å². The van der Waals surface area contributed by atoms with Crippen molar-refractivity contribution in [2.45, 2.75) is 12.5 Å². The molecule has 1 atom stereocenters. The summed E-state index contributed by atoms with van der Waals surface area (Å²) in [5.41, 5.74) is 0. The van der Waals surface area contributed by atoms with Gasteiger partial charge in [0, 0.05) is 26.2 Å². The molecule has 5 nitrogen and oxygen atoms in total. The molecule has 1 aliphatic heterocycles. The molecule has 0 aliphatic carbocycles. The summed E-state index contributed by atoms with van der Waals surface area (Å²) in [5.74, 6) is -0.765. The van der Waals surface area contributed by atoms with Gasteiger partial charge in [0.15, 0.2) is 0 Å². The lowest BCUT2D eigenvalue weighted by Gasteiger charge is -2.30. The summed E-state index contributed by atoms with van der Waals surface area (Å²) in [7, 11) is 2.06. The number of nitrogens with zero attached hydrogens (tertiary/aromatic N) is 1. The Bertz CT molecular complexity index is 187. The summed E-state index contributed by atoms with van der Waals surface area (Å²) in [6.07, 6.45) is 0.366. The van der Waals surface area contributed by atoms with Gasteiger partial charge in [-0.05, 0) is 7.05 Å². The highest BCUT2D eigenvalue weighted by molar-refractivity contribution is 5.66. The standard InChI is InChI=1S/C9H18N2O3/c1-11-4-5-14-8(7-11)6-10-3-2-9(12)13/h8,10H,2-7H2,1H3,(H,12,13)/t8-/m0/s1. The highest BCUT2D eigenvalue weighted by Crippen LogP contribution is 2.01. The van der Waals surface area contributed by atoms with Crippen LogP contribution in [0.2, 0.25) is 0 Å². The fraction of sp³-hybridized carbons (Fsp3) is 0.889. The van der Waals surface area contributed by atoms with Crippen molar-refractivity contribution in [1.29, 1.82) is 0 Å². The van der Waals surface area contributed by atoms with Crippen LogP contribution in [0.5, 0.6) is 0 Å². The second kappa shape index (κ2) is 5.95. The molecule has 0 aromatic carbocycles. The minimum Gasteiger partial charge on any atom is -0.481 e. The lowest BCUT2D eigenvalue weighted by Crippen LogP contribution is -2.45. The molecule has 5 heteroatoms. The van der Waals surface area contributed by atoms with Gasteiger partial charge >= 0.3 is 5.97 Å². The first kappa shape index (κ1) is 11.4. The molecule has 0 unspecified atom stereocenters. The smallest absolute Gasteiger partial charge is 0.304 e. The van der Waals surface area contributed by atoms with Gasteiger partial charge in [-0.2, -0.15) is 0 Å². The maximum Gasteiger partial charge on any atom is 0.304 e. The number of carboxylic acids is 1. The van der Waals surface area contributed by atoms with Crippen LogP contribution in [0, 0.1) is 0 Å². The van der Waals surface area contributed by atoms with Crippen LogP contribution in [-0.2, 0) is 9.53 Å². The summed E-state index contributed by atoms with van der Waals surface area (Å²) in [6, 6.07) is 0. The average molecular weight is 202 g/mol. The molecule has 0 aromatic rings. The van der Waals surface area contributed by atoms with Gasteiger partial charge in [-0.1, -0.05) is 0 Å². The Morgan fingerprint density at radius 1 is 1.71 bits per heavy atom. The van der Waals surface area contributed by atoms with Crippen molar-refractivity contribution in [3.8, 4) is 0 Å². The summed E-state index contributed by atoms with van der Waals surface area (Å²) < 4.78 is 5.50. The average Bonchev–Trinajstić information content (AvgIpc) is 2.12. The van der Waals surface area contributed by atoms with Crippen molar-refractivity contribution >= 4 is 5.97 Å². The first-order chi connectivity index (χ1) is 6.68. The Balaban J connectivity index is 2.03. The largest absolute Gasteiger partial charge is 0.481 e. The molecule has 1 saturated heterocycles. The van der Waals surface area contributed by atoms with Crippen LogP contribution >= 0.6 is 0 Å². The third-order valence-corrected chi connectivity index (χ3v) is 2.23. The Morgan fingerprint density at radius 2 is 2.50 bits per heavy atom. The number of hydrogen-bond acceptors (Lipinski definition) is 4. The minimum atomic E-state index is -0.765. The lowest BCUT2D eigenvalue weighted by atomic mass is 10.3. The molecule has 82 valence electrons. The zero-order chi connectivity index (χ0) is 10.4. The van der Waals surface area contributed by atoms with Crippen LogP contribution in [0.3, 0.4) is 0 Å². The second-order valence-electron chi connectivity index (χ2n) is 3.60. The van der Waals surface area contributed by atoms with E-state index in [2.05, 4.69) is 17.3 Å².